The maximum absolute atomic E-state index is 11.8. The van der Waals surface area contributed by atoms with Crippen molar-refractivity contribution in [1.29, 1.82) is 0 Å². The first-order valence-electron chi connectivity index (χ1n) is 8.80. The van der Waals surface area contributed by atoms with Crippen LogP contribution in [-0.4, -0.2) is 43.1 Å². The van der Waals surface area contributed by atoms with Gasteiger partial charge in [-0.2, -0.15) is 0 Å². The molecule has 0 bridgehead atoms. The lowest BCUT2D eigenvalue weighted by molar-refractivity contribution is -0.122. The van der Waals surface area contributed by atoms with Crippen molar-refractivity contribution in [1.82, 2.24) is 16.0 Å². The van der Waals surface area contributed by atoms with E-state index < -0.39 is 11.7 Å². The average Bonchev–Trinajstić information content (AvgIpc) is 2.55. The number of alkyl carbamates (subject to hydrolysis) is 1. The number of benzene rings is 1. The smallest absolute Gasteiger partial charge is 0.407 e. The lowest BCUT2D eigenvalue weighted by Crippen LogP contribution is -2.36. The van der Waals surface area contributed by atoms with Gasteiger partial charge in [0.15, 0.2) is 0 Å². The fraction of sp³-hybridized carbons (Fsp3) is 0.526. The van der Waals surface area contributed by atoms with Gasteiger partial charge in [0.1, 0.15) is 5.60 Å². The van der Waals surface area contributed by atoms with Gasteiger partial charge in [-0.15, -0.1) is 0 Å². The highest BCUT2D eigenvalue weighted by atomic mass is 16.6. The molecule has 7 nitrogen and oxygen atoms in total. The number of carbonyl (C=O) groups is 3. The topological polar surface area (TPSA) is 96.5 Å². The Morgan fingerprint density at radius 1 is 0.885 bits per heavy atom. The Kier molecular flexibility index (Phi) is 9.19. The molecule has 3 N–H and O–H groups in total. The third-order valence-electron chi connectivity index (χ3n) is 3.23. The minimum Gasteiger partial charge on any atom is -0.444 e. The molecule has 3 amide bonds. The summed E-state index contributed by atoms with van der Waals surface area (Å²) in [5.74, 6) is -0.194. The van der Waals surface area contributed by atoms with Gasteiger partial charge in [-0.3, -0.25) is 9.59 Å². The van der Waals surface area contributed by atoms with Gasteiger partial charge in [0, 0.05) is 26.1 Å². The molecular formula is C19H29N3O4. The van der Waals surface area contributed by atoms with E-state index in [1.165, 1.54) is 0 Å². The van der Waals surface area contributed by atoms with Gasteiger partial charge in [0.05, 0.1) is 6.42 Å². The average molecular weight is 363 g/mol. The highest BCUT2D eigenvalue weighted by Gasteiger charge is 2.15. The number of amides is 3. The highest BCUT2D eigenvalue weighted by molar-refractivity contribution is 5.79. The molecule has 26 heavy (non-hydrogen) atoms. The molecule has 144 valence electrons. The molecule has 0 fully saturated rings. The summed E-state index contributed by atoms with van der Waals surface area (Å²) in [6.07, 6.45) is 0.656. The van der Waals surface area contributed by atoms with Crippen LogP contribution in [0.3, 0.4) is 0 Å². The summed E-state index contributed by atoms with van der Waals surface area (Å²) in [5, 5.41) is 8.10. The summed E-state index contributed by atoms with van der Waals surface area (Å²) in [7, 11) is 0. The first kappa shape index (κ1) is 21.5. The van der Waals surface area contributed by atoms with Crippen LogP contribution in [0.15, 0.2) is 30.3 Å². The SMILES string of the molecule is CC(C)(C)OC(=O)NCCCC(=O)NCCNC(=O)Cc1ccccc1. The Labute approximate surface area is 154 Å². The van der Waals surface area contributed by atoms with Crippen molar-refractivity contribution >= 4 is 17.9 Å². The standard InChI is InChI=1S/C19H29N3O4/c1-19(2,3)26-18(25)22-11-7-10-16(23)20-12-13-21-17(24)14-15-8-5-4-6-9-15/h4-6,8-9H,7,10-14H2,1-3H3,(H,20,23)(H,21,24)(H,22,25). The first-order valence-corrected chi connectivity index (χ1v) is 8.80. The molecule has 7 heteroatoms. The molecule has 1 aromatic carbocycles. The van der Waals surface area contributed by atoms with Crippen LogP contribution in [-0.2, 0) is 20.7 Å². The van der Waals surface area contributed by atoms with Crippen LogP contribution < -0.4 is 16.0 Å². The highest BCUT2D eigenvalue weighted by Crippen LogP contribution is 2.06. The third-order valence-corrected chi connectivity index (χ3v) is 3.23. The number of rotatable bonds is 9. The minimum atomic E-state index is -0.535. The summed E-state index contributed by atoms with van der Waals surface area (Å²) in [6.45, 7) is 6.50. The Morgan fingerprint density at radius 2 is 1.50 bits per heavy atom. The molecule has 0 aliphatic heterocycles. The van der Waals surface area contributed by atoms with Crippen LogP contribution in [0.25, 0.3) is 0 Å². The molecule has 0 aromatic heterocycles. The van der Waals surface area contributed by atoms with Crippen molar-refractivity contribution in [3.63, 3.8) is 0 Å². The molecule has 0 aliphatic rings. The van der Waals surface area contributed by atoms with Crippen LogP contribution in [0, 0.1) is 0 Å². The maximum atomic E-state index is 11.8. The summed E-state index contributed by atoms with van der Waals surface area (Å²) in [4.78, 5) is 34.9. The Hall–Kier alpha value is -2.57. The van der Waals surface area contributed by atoms with E-state index in [1.807, 2.05) is 30.3 Å². The van der Waals surface area contributed by atoms with Crippen LogP contribution in [0.4, 0.5) is 4.79 Å². The zero-order valence-electron chi connectivity index (χ0n) is 15.8. The van der Waals surface area contributed by atoms with Crippen molar-refractivity contribution in [3.8, 4) is 0 Å². The Bertz CT molecular complexity index is 582. The predicted molar refractivity (Wildman–Crippen MR) is 99.6 cm³/mol. The van der Waals surface area contributed by atoms with Gasteiger partial charge in [0.2, 0.25) is 11.8 Å². The molecule has 0 radical (unpaired) electrons. The van der Waals surface area contributed by atoms with E-state index in [2.05, 4.69) is 16.0 Å². The van der Waals surface area contributed by atoms with Crippen molar-refractivity contribution < 1.29 is 19.1 Å². The Balaban J connectivity index is 2.03. The molecule has 0 aliphatic carbocycles. The van der Waals surface area contributed by atoms with Gasteiger partial charge in [0.25, 0.3) is 0 Å². The van der Waals surface area contributed by atoms with Crippen molar-refractivity contribution in [2.75, 3.05) is 19.6 Å². The molecule has 1 rings (SSSR count). The van der Waals surface area contributed by atoms with Crippen LogP contribution in [0.1, 0.15) is 39.2 Å². The lowest BCUT2D eigenvalue weighted by Gasteiger charge is -2.19. The second-order valence-corrected chi connectivity index (χ2v) is 6.89. The predicted octanol–water partition coefficient (Wildman–Crippen LogP) is 1.77. The van der Waals surface area contributed by atoms with E-state index in [0.29, 0.717) is 38.9 Å². The van der Waals surface area contributed by atoms with Crippen LogP contribution >= 0.6 is 0 Å². The zero-order valence-corrected chi connectivity index (χ0v) is 15.8. The van der Waals surface area contributed by atoms with E-state index >= 15 is 0 Å². The lowest BCUT2D eigenvalue weighted by atomic mass is 10.1. The van der Waals surface area contributed by atoms with E-state index in [0.717, 1.165) is 5.56 Å². The fourth-order valence-corrected chi connectivity index (χ4v) is 2.09. The van der Waals surface area contributed by atoms with E-state index in [1.54, 1.807) is 20.8 Å². The second kappa shape index (κ2) is 11.1. The minimum absolute atomic E-state index is 0.0768. The fourth-order valence-electron chi connectivity index (χ4n) is 2.09. The second-order valence-electron chi connectivity index (χ2n) is 6.89. The molecule has 0 heterocycles. The number of hydrogen-bond donors (Lipinski definition) is 3. The molecule has 0 saturated carbocycles. The van der Waals surface area contributed by atoms with Crippen LogP contribution in [0.2, 0.25) is 0 Å². The monoisotopic (exact) mass is 363 g/mol. The summed E-state index contributed by atoms with van der Waals surface area (Å²) in [5.41, 5.74) is 0.415. The van der Waals surface area contributed by atoms with Gasteiger partial charge < -0.3 is 20.7 Å². The first-order chi connectivity index (χ1) is 12.3. The largest absolute Gasteiger partial charge is 0.444 e. The van der Waals surface area contributed by atoms with Gasteiger partial charge in [-0.25, -0.2) is 4.79 Å². The molecule has 0 saturated heterocycles. The summed E-state index contributed by atoms with van der Waals surface area (Å²) < 4.78 is 5.10. The van der Waals surface area contributed by atoms with E-state index in [9.17, 15) is 14.4 Å². The van der Waals surface area contributed by atoms with Gasteiger partial charge in [-0.05, 0) is 32.8 Å². The number of hydrogen-bond acceptors (Lipinski definition) is 4. The van der Waals surface area contributed by atoms with Gasteiger partial charge >= 0.3 is 6.09 Å². The normalized spacial score (nSPS) is 10.7. The van der Waals surface area contributed by atoms with E-state index in [-0.39, 0.29) is 11.8 Å². The number of nitrogens with one attached hydrogen (secondary N) is 3. The number of ether oxygens (including phenoxy) is 1. The summed E-state index contributed by atoms with van der Waals surface area (Å²) >= 11 is 0. The Morgan fingerprint density at radius 3 is 2.12 bits per heavy atom. The van der Waals surface area contributed by atoms with Crippen molar-refractivity contribution in [3.05, 3.63) is 35.9 Å². The molecular weight excluding hydrogens is 334 g/mol. The van der Waals surface area contributed by atoms with Gasteiger partial charge in [-0.1, -0.05) is 30.3 Å². The molecule has 0 spiro atoms. The van der Waals surface area contributed by atoms with E-state index in [4.69, 9.17) is 4.74 Å². The zero-order chi connectivity index (χ0) is 19.4. The molecule has 0 atom stereocenters. The van der Waals surface area contributed by atoms with Crippen molar-refractivity contribution in [2.24, 2.45) is 0 Å². The van der Waals surface area contributed by atoms with Crippen LogP contribution in [0.5, 0.6) is 0 Å². The maximum Gasteiger partial charge on any atom is 0.407 e. The van der Waals surface area contributed by atoms with Crippen molar-refractivity contribution in [2.45, 2.75) is 45.6 Å². The number of carbonyl (C=O) groups excluding carboxylic acids is 3. The quantitative estimate of drug-likeness (QED) is 0.583. The summed E-state index contributed by atoms with van der Waals surface area (Å²) in [6, 6.07) is 9.47. The molecule has 0 unspecified atom stereocenters. The third kappa shape index (κ3) is 11.1. The molecule has 1 aromatic rings.